The Morgan fingerprint density at radius 2 is 2.04 bits per heavy atom. The second-order valence-corrected chi connectivity index (χ2v) is 7.72. The van der Waals surface area contributed by atoms with E-state index in [0.717, 1.165) is 25.8 Å². The predicted octanol–water partition coefficient (Wildman–Crippen LogP) is 2.26. The molecule has 7 nitrogen and oxygen atoms in total. The number of nitrogens with one attached hydrogen (secondary N) is 2. The minimum atomic E-state index is -0.481. The summed E-state index contributed by atoms with van der Waals surface area (Å²) in [6.45, 7) is 8.87. The molecule has 0 spiro atoms. The molecule has 2 amide bonds. The van der Waals surface area contributed by atoms with Crippen LogP contribution in [0.1, 0.15) is 52.9 Å². The summed E-state index contributed by atoms with van der Waals surface area (Å²) in [4.78, 5) is 25.0. The lowest BCUT2D eigenvalue weighted by molar-refractivity contribution is 0.0509. The number of hydrogen-bond acceptors (Lipinski definition) is 5. The SMILES string of the molecule is CC(C)(C)OC(=O)NCC1(NCCCN2CCOC2=O)CCCC1. The summed E-state index contributed by atoms with van der Waals surface area (Å²) in [5.41, 5.74) is -0.535. The summed E-state index contributed by atoms with van der Waals surface area (Å²) >= 11 is 0. The monoisotopic (exact) mass is 341 g/mol. The normalized spacial score (nSPS) is 20.1. The average molecular weight is 341 g/mol. The van der Waals surface area contributed by atoms with Gasteiger partial charge in [-0.3, -0.25) is 0 Å². The zero-order valence-corrected chi connectivity index (χ0v) is 15.2. The topological polar surface area (TPSA) is 79.9 Å². The van der Waals surface area contributed by atoms with E-state index >= 15 is 0 Å². The number of amides is 2. The second-order valence-electron chi connectivity index (χ2n) is 7.72. The van der Waals surface area contributed by atoms with Crippen molar-refractivity contribution in [1.29, 1.82) is 0 Å². The van der Waals surface area contributed by atoms with Gasteiger partial charge in [-0.2, -0.15) is 0 Å². The third kappa shape index (κ3) is 5.85. The van der Waals surface area contributed by atoms with E-state index in [-0.39, 0.29) is 17.7 Å². The number of carbonyl (C=O) groups is 2. The number of alkyl carbamates (subject to hydrolysis) is 1. The van der Waals surface area contributed by atoms with Gasteiger partial charge in [0.15, 0.2) is 0 Å². The Morgan fingerprint density at radius 1 is 1.33 bits per heavy atom. The zero-order chi connectivity index (χ0) is 17.6. The van der Waals surface area contributed by atoms with E-state index in [9.17, 15) is 9.59 Å². The van der Waals surface area contributed by atoms with Gasteiger partial charge in [0.2, 0.25) is 0 Å². The molecular formula is C17H31N3O4. The van der Waals surface area contributed by atoms with Gasteiger partial charge >= 0.3 is 12.2 Å². The summed E-state index contributed by atoms with van der Waals surface area (Å²) in [5.74, 6) is 0. The molecule has 0 bridgehead atoms. The van der Waals surface area contributed by atoms with Crippen molar-refractivity contribution in [3.8, 4) is 0 Å². The van der Waals surface area contributed by atoms with Crippen LogP contribution in [0, 0.1) is 0 Å². The Balaban J connectivity index is 1.71. The molecule has 7 heteroatoms. The fourth-order valence-electron chi connectivity index (χ4n) is 3.28. The van der Waals surface area contributed by atoms with Gasteiger partial charge in [-0.1, -0.05) is 12.8 Å². The van der Waals surface area contributed by atoms with Gasteiger partial charge in [0.05, 0.1) is 6.54 Å². The number of rotatable bonds is 7. The highest BCUT2D eigenvalue weighted by Gasteiger charge is 2.34. The van der Waals surface area contributed by atoms with Gasteiger partial charge in [0.25, 0.3) is 0 Å². The Labute approximate surface area is 144 Å². The average Bonchev–Trinajstić information content (AvgIpc) is 3.10. The predicted molar refractivity (Wildman–Crippen MR) is 91.0 cm³/mol. The van der Waals surface area contributed by atoms with Crippen molar-refractivity contribution in [2.24, 2.45) is 0 Å². The lowest BCUT2D eigenvalue weighted by Gasteiger charge is -2.31. The maximum absolute atomic E-state index is 11.9. The summed E-state index contributed by atoms with van der Waals surface area (Å²) in [6, 6.07) is 0. The molecule has 138 valence electrons. The highest BCUT2D eigenvalue weighted by molar-refractivity contribution is 5.69. The minimum absolute atomic E-state index is 0.0532. The Kier molecular flexibility index (Phi) is 6.32. The molecule has 2 N–H and O–H groups in total. The van der Waals surface area contributed by atoms with Crippen LogP contribution in [0.25, 0.3) is 0 Å². The largest absolute Gasteiger partial charge is 0.448 e. The van der Waals surface area contributed by atoms with Crippen LogP contribution < -0.4 is 10.6 Å². The van der Waals surface area contributed by atoms with Crippen LogP contribution in [0.15, 0.2) is 0 Å². The molecular weight excluding hydrogens is 310 g/mol. The number of ether oxygens (including phenoxy) is 2. The molecule has 0 radical (unpaired) electrons. The molecule has 1 saturated carbocycles. The van der Waals surface area contributed by atoms with Gasteiger partial charge < -0.3 is 25.0 Å². The third-order valence-electron chi connectivity index (χ3n) is 4.48. The van der Waals surface area contributed by atoms with E-state index in [0.29, 0.717) is 26.2 Å². The van der Waals surface area contributed by atoms with Crippen LogP contribution in [0.4, 0.5) is 9.59 Å². The Hall–Kier alpha value is -1.50. The fourth-order valence-corrected chi connectivity index (χ4v) is 3.28. The van der Waals surface area contributed by atoms with Crippen LogP contribution in [0.3, 0.4) is 0 Å². The first kappa shape index (κ1) is 18.8. The van der Waals surface area contributed by atoms with Crippen LogP contribution in [-0.2, 0) is 9.47 Å². The quantitative estimate of drug-likeness (QED) is 0.694. The highest BCUT2D eigenvalue weighted by Crippen LogP contribution is 2.29. The maximum Gasteiger partial charge on any atom is 0.409 e. The van der Waals surface area contributed by atoms with Gasteiger partial charge in [0, 0.05) is 18.6 Å². The van der Waals surface area contributed by atoms with Crippen molar-refractivity contribution >= 4 is 12.2 Å². The molecule has 1 heterocycles. The van der Waals surface area contributed by atoms with Crippen LogP contribution in [-0.4, -0.2) is 61.0 Å². The molecule has 1 aliphatic heterocycles. The molecule has 1 saturated heterocycles. The van der Waals surface area contributed by atoms with E-state index in [1.165, 1.54) is 12.8 Å². The van der Waals surface area contributed by atoms with Crippen molar-refractivity contribution in [2.45, 2.75) is 64.0 Å². The third-order valence-corrected chi connectivity index (χ3v) is 4.48. The molecule has 1 aliphatic carbocycles. The number of carbonyl (C=O) groups excluding carboxylic acids is 2. The van der Waals surface area contributed by atoms with Gasteiger partial charge in [-0.05, 0) is 46.6 Å². The second kappa shape index (κ2) is 8.05. The van der Waals surface area contributed by atoms with Crippen LogP contribution >= 0.6 is 0 Å². The Bertz CT molecular complexity index is 442. The molecule has 0 unspecified atom stereocenters. The molecule has 2 fully saturated rings. The first-order valence-corrected chi connectivity index (χ1v) is 8.93. The van der Waals surface area contributed by atoms with Crippen LogP contribution in [0.5, 0.6) is 0 Å². The number of cyclic esters (lactones) is 1. The molecule has 0 aromatic rings. The lowest BCUT2D eigenvalue weighted by Crippen LogP contribution is -2.52. The molecule has 0 aromatic carbocycles. The summed E-state index contributed by atoms with van der Waals surface area (Å²) in [5, 5.41) is 6.51. The standard InChI is InChI=1S/C17H31N3O4/c1-16(2,3)24-14(21)18-13-17(7-4-5-8-17)19-9-6-10-20-11-12-23-15(20)22/h19H,4-13H2,1-3H3,(H,18,21). The summed E-state index contributed by atoms with van der Waals surface area (Å²) in [6.07, 6.45) is 4.74. The number of hydrogen-bond donors (Lipinski definition) is 2. The maximum atomic E-state index is 11.9. The van der Waals surface area contributed by atoms with Crippen molar-refractivity contribution < 1.29 is 19.1 Å². The molecule has 2 rings (SSSR count). The van der Waals surface area contributed by atoms with Gasteiger partial charge in [0.1, 0.15) is 12.2 Å². The van der Waals surface area contributed by atoms with Crippen molar-refractivity contribution in [2.75, 3.05) is 32.8 Å². The molecule has 0 atom stereocenters. The lowest BCUT2D eigenvalue weighted by atomic mass is 9.97. The molecule has 24 heavy (non-hydrogen) atoms. The van der Waals surface area contributed by atoms with Gasteiger partial charge in [-0.25, -0.2) is 9.59 Å². The summed E-state index contributed by atoms with van der Waals surface area (Å²) < 4.78 is 10.2. The van der Waals surface area contributed by atoms with Crippen molar-refractivity contribution in [3.63, 3.8) is 0 Å². The van der Waals surface area contributed by atoms with E-state index < -0.39 is 5.60 Å². The fraction of sp³-hybridized carbons (Fsp3) is 0.882. The number of nitrogens with zero attached hydrogens (tertiary/aromatic N) is 1. The summed E-state index contributed by atoms with van der Waals surface area (Å²) in [7, 11) is 0. The molecule has 0 aromatic heterocycles. The van der Waals surface area contributed by atoms with E-state index in [4.69, 9.17) is 9.47 Å². The van der Waals surface area contributed by atoms with E-state index in [1.807, 2.05) is 20.8 Å². The minimum Gasteiger partial charge on any atom is -0.448 e. The first-order chi connectivity index (χ1) is 11.3. The van der Waals surface area contributed by atoms with E-state index in [2.05, 4.69) is 10.6 Å². The highest BCUT2D eigenvalue weighted by atomic mass is 16.6. The molecule has 2 aliphatic rings. The Morgan fingerprint density at radius 3 is 2.62 bits per heavy atom. The zero-order valence-electron chi connectivity index (χ0n) is 15.2. The van der Waals surface area contributed by atoms with Crippen molar-refractivity contribution in [1.82, 2.24) is 15.5 Å². The van der Waals surface area contributed by atoms with Crippen LogP contribution in [0.2, 0.25) is 0 Å². The smallest absolute Gasteiger partial charge is 0.409 e. The van der Waals surface area contributed by atoms with E-state index in [1.54, 1.807) is 4.90 Å². The first-order valence-electron chi connectivity index (χ1n) is 8.93. The van der Waals surface area contributed by atoms with Gasteiger partial charge in [-0.15, -0.1) is 0 Å². The van der Waals surface area contributed by atoms with Crippen molar-refractivity contribution in [3.05, 3.63) is 0 Å².